The number of aryl methyl sites for hydroxylation is 2. The lowest BCUT2D eigenvalue weighted by atomic mass is 10.1. The molecule has 1 aliphatic heterocycles. The van der Waals surface area contributed by atoms with E-state index >= 15 is 0 Å². The third kappa shape index (κ3) is 3.98. The Hall–Kier alpha value is -3.23. The number of aromatic nitrogens is 5. The van der Waals surface area contributed by atoms with Gasteiger partial charge in [0.1, 0.15) is 30.1 Å². The van der Waals surface area contributed by atoms with Crippen molar-refractivity contribution in [2.75, 3.05) is 0 Å². The van der Waals surface area contributed by atoms with Crippen LogP contribution in [0.15, 0.2) is 41.5 Å². The molecule has 3 heterocycles. The van der Waals surface area contributed by atoms with E-state index in [-0.39, 0.29) is 24.0 Å². The summed E-state index contributed by atoms with van der Waals surface area (Å²) in [6, 6.07) is 5.34. The van der Waals surface area contributed by atoms with Gasteiger partial charge in [-0.1, -0.05) is 18.6 Å². The quantitative estimate of drug-likeness (QED) is 0.707. The van der Waals surface area contributed by atoms with Crippen LogP contribution in [0, 0.1) is 5.82 Å². The summed E-state index contributed by atoms with van der Waals surface area (Å²) in [5, 5.41) is 7.27. The van der Waals surface area contributed by atoms with Gasteiger partial charge in [-0.3, -0.25) is 9.36 Å². The van der Waals surface area contributed by atoms with Gasteiger partial charge in [0.15, 0.2) is 0 Å². The topological polar surface area (TPSA) is 86.7 Å². The number of hydrogen-bond donors (Lipinski definition) is 1. The molecule has 1 unspecified atom stereocenters. The summed E-state index contributed by atoms with van der Waals surface area (Å²) < 4.78 is 18.0. The van der Waals surface area contributed by atoms with Crippen molar-refractivity contribution in [3.8, 4) is 0 Å². The molecule has 1 amide bonds. The molecule has 152 valence electrons. The lowest BCUT2D eigenvalue weighted by Gasteiger charge is -2.19. The fourth-order valence-electron chi connectivity index (χ4n) is 3.68. The van der Waals surface area contributed by atoms with Crippen molar-refractivity contribution < 1.29 is 9.18 Å². The van der Waals surface area contributed by atoms with Gasteiger partial charge < -0.3 is 9.88 Å². The first kappa shape index (κ1) is 19.1. The van der Waals surface area contributed by atoms with Crippen molar-refractivity contribution >= 4 is 5.91 Å². The Morgan fingerprint density at radius 2 is 2.03 bits per heavy atom. The Bertz CT molecular complexity index is 1070. The van der Waals surface area contributed by atoms with Crippen LogP contribution in [0.25, 0.3) is 0 Å². The molecule has 0 fully saturated rings. The maximum atomic E-state index is 13.4. The van der Waals surface area contributed by atoms with Crippen LogP contribution in [0.4, 0.5) is 4.39 Å². The van der Waals surface area contributed by atoms with Crippen LogP contribution in [0.2, 0.25) is 0 Å². The summed E-state index contributed by atoms with van der Waals surface area (Å²) >= 11 is 0. The van der Waals surface area contributed by atoms with Crippen LogP contribution in [-0.4, -0.2) is 29.8 Å². The fraction of sp³-hybridized carbons (Fsp3) is 0.400. The maximum Gasteiger partial charge on any atom is 0.346 e. The molecule has 0 aliphatic carbocycles. The zero-order chi connectivity index (χ0) is 20.4. The van der Waals surface area contributed by atoms with Crippen LogP contribution in [0.3, 0.4) is 0 Å². The molecule has 8 nitrogen and oxygen atoms in total. The van der Waals surface area contributed by atoms with Crippen molar-refractivity contribution in [1.82, 2.24) is 29.2 Å². The first-order valence-electron chi connectivity index (χ1n) is 9.71. The number of fused-ring (bicyclic) bond motifs is 1. The number of halogens is 1. The monoisotopic (exact) mass is 398 g/mol. The van der Waals surface area contributed by atoms with Gasteiger partial charge in [0.2, 0.25) is 5.91 Å². The van der Waals surface area contributed by atoms with Crippen LogP contribution in [-0.2, 0) is 31.4 Å². The molecule has 29 heavy (non-hydrogen) atoms. The maximum absolute atomic E-state index is 13.4. The zero-order valence-electron chi connectivity index (χ0n) is 16.2. The van der Waals surface area contributed by atoms with E-state index in [9.17, 15) is 14.0 Å². The van der Waals surface area contributed by atoms with Crippen molar-refractivity contribution in [2.24, 2.45) is 7.05 Å². The van der Waals surface area contributed by atoms with E-state index in [1.165, 1.54) is 16.8 Å². The summed E-state index contributed by atoms with van der Waals surface area (Å²) in [5.41, 5.74) is 0.439. The highest BCUT2D eigenvalue weighted by molar-refractivity contribution is 5.76. The molecule has 0 saturated heterocycles. The summed E-state index contributed by atoms with van der Waals surface area (Å²) in [5.74, 6) is 0.625. The third-order valence-electron chi connectivity index (χ3n) is 5.20. The van der Waals surface area contributed by atoms with E-state index in [0.717, 1.165) is 31.5 Å². The van der Waals surface area contributed by atoms with Crippen molar-refractivity contribution in [1.29, 1.82) is 0 Å². The minimum Gasteiger partial charge on any atom is -0.340 e. The highest BCUT2D eigenvalue weighted by atomic mass is 19.1. The van der Waals surface area contributed by atoms with Gasteiger partial charge in [-0.25, -0.2) is 18.9 Å². The minimum atomic E-state index is -0.570. The van der Waals surface area contributed by atoms with Crippen LogP contribution in [0.1, 0.15) is 42.5 Å². The summed E-state index contributed by atoms with van der Waals surface area (Å²) in [6.07, 6.45) is 7.16. The predicted molar refractivity (Wildman–Crippen MR) is 104 cm³/mol. The molecule has 1 atom stereocenters. The van der Waals surface area contributed by atoms with Crippen molar-refractivity contribution in [2.45, 2.75) is 44.8 Å². The summed E-state index contributed by atoms with van der Waals surface area (Å²) in [7, 11) is 1.82. The highest BCUT2D eigenvalue weighted by Gasteiger charge is 2.23. The first-order valence-corrected chi connectivity index (χ1v) is 9.71. The number of hydrogen-bond acceptors (Lipinski definition) is 4. The molecule has 0 bridgehead atoms. The number of carbonyl (C=O) groups excluding carboxylic acids is 1. The van der Waals surface area contributed by atoms with Gasteiger partial charge >= 0.3 is 5.69 Å². The predicted octanol–water partition coefficient (Wildman–Crippen LogP) is 1.55. The molecule has 3 aromatic rings. The highest BCUT2D eigenvalue weighted by Crippen LogP contribution is 2.21. The van der Waals surface area contributed by atoms with E-state index in [1.807, 2.05) is 7.05 Å². The Labute approximate surface area is 167 Å². The molecular formula is C20H23FN6O2. The second-order valence-corrected chi connectivity index (χ2v) is 7.27. The molecule has 1 N–H and O–H groups in total. The van der Waals surface area contributed by atoms with Crippen molar-refractivity contribution in [3.63, 3.8) is 0 Å². The number of rotatable bonds is 5. The Morgan fingerprint density at radius 1 is 1.24 bits per heavy atom. The van der Waals surface area contributed by atoms with Gasteiger partial charge in [-0.15, -0.1) is 0 Å². The average Bonchev–Trinajstić information content (AvgIpc) is 3.15. The SMILES string of the molecule is Cn1ccnc1C(NC(=O)Cn1nc2n(c1=O)CCCCC2)c1ccc(F)cc1. The van der Waals surface area contributed by atoms with Crippen LogP contribution >= 0.6 is 0 Å². The molecule has 2 aromatic heterocycles. The Balaban J connectivity index is 1.57. The van der Waals surface area contributed by atoms with E-state index in [1.54, 1.807) is 33.7 Å². The number of nitrogens with one attached hydrogen (secondary N) is 1. The molecule has 0 spiro atoms. The number of carbonyl (C=O) groups is 1. The molecule has 1 aromatic carbocycles. The second-order valence-electron chi connectivity index (χ2n) is 7.27. The number of nitrogens with zero attached hydrogens (tertiary/aromatic N) is 5. The van der Waals surface area contributed by atoms with Gasteiger partial charge in [0, 0.05) is 32.4 Å². The third-order valence-corrected chi connectivity index (χ3v) is 5.20. The minimum absolute atomic E-state index is 0.180. The largest absolute Gasteiger partial charge is 0.346 e. The molecule has 9 heteroatoms. The second kappa shape index (κ2) is 8.02. The average molecular weight is 398 g/mol. The molecule has 0 radical (unpaired) electrons. The number of benzene rings is 1. The Kier molecular flexibility index (Phi) is 5.28. The van der Waals surface area contributed by atoms with E-state index < -0.39 is 6.04 Å². The molecular weight excluding hydrogens is 375 g/mol. The summed E-state index contributed by atoms with van der Waals surface area (Å²) in [6.45, 7) is 0.461. The first-order chi connectivity index (χ1) is 14.0. The lowest BCUT2D eigenvalue weighted by molar-refractivity contribution is -0.122. The molecule has 0 saturated carbocycles. The normalized spacial score (nSPS) is 14.8. The van der Waals surface area contributed by atoms with Crippen LogP contribution < -0.4 is 11.0 Å². The molecule has 1 aliphatic rings. The number of amides is 1. The van der Waals surface area contributed by atoms with E-state index in [4.69, 9.17) is 0 Å². The van der Waals surface area contributed by atoms with Gasteiger partial charge in [-0.2, -0.15) is 5.10 Å². The van der Waals surface area contributed by atoms with Crippen LogP contribution in [0.5, 0.6) is 0 Å². The summed E-state index contributed by atoms with van der Waals surface area (Å²) in [4.78, 5) is 29.7. The molecule has 4 rings (SSSR count). The van der Waals surface area contributed by atoms with E-state index in [2.05, 4.69) is 15.4 Å². The zero-order valence-corrected chi connectivity index (χ0v) is 16.2. The standard InChI is InChI=1S/C20H23FN6O2/c1-25-12-10-22-19(25)18(14-6-8-15(21)9-7-14)23-17(28)13-27-20(29)26-11-4-2-3-5-16(26)24-27/h6-10,12,18H,2-5,11,13H2,1H3,(H,23,28). The smallest absolute Gasteiger partial charge is 0.340 e. The van der Waals surface area contributed by atoms with E-state index in [0.29, 0.717) is 17.9 Å². The van der Waals surface area contributed by atoms with Gasteiger partial charge in [-0.05, 0) is 30.5 Å². The lowest BCUT2D eigenvalue weighted by Crippen LogP contribution is -2.37. The number of imidazole rings is 1. The van der Waals surface area contributed by atoms with Crippen molar-refractivity contribution in [3.05, 3.63) is 70.2 Å². The fourth-order valence-corrected chi connectivity index (χ4v) is 3.68. The van der Waals surface area contributed by atoms with Gasteiger partial charge in [0.05, 0.1) is 0 Å². The Morgan fingerprint density at radius 3 is 2.76 bits per heavy atom. The van der Waals surface area contributed by atoms with Gasteiger partial charge in [0.25, 0.3) is 0 Å².